The third-order valence-electron chi connectivity index (χ3n) is 4.56. The van der Waals surface area contributed by atoms with Gasteiger partial charge in [0.15, 0.2) is 5.01 Å². The SMILES string of the molecule is O=C(Nc1nnc(-c2ccc(Cl)cc2F)s1)c1cc(S(=O)(=O)NCC2CC2)ccc1F. The highest BCUT2D eigenvalue weighted by Crippen LogP contribution is 2.30. The first-order valence-corrected chi connectivity index (χ1v) is 11.8. The molecule has 7 nitrogen and oxygen atoms in total. The van der Waals surface area contributed by atoms with Crippen molar-refractivity contribution in [3.05, 3.63) is 58.6 Å². The molecule has 1 amide bonds. The van der Waals surface area contributed by atoms with Gasteiger partial charge in [-0.25, -0.2) is 21.9 Å². The summed E-state index contributed by atoms with van der Waals surface area (Å²) in [5.41, 5.74) is -0.327. The van der Waals surface area contributed by atoms with Gasteiger partial charge < -0.3 is 0 Å². The summed E-state index contributed by atoms with van der Waals surface area (Å²) >= 11 is 6.60. The van der Waals surface area contributed by atoms with Crippen molar-refractivity contribution in [3.63, 3.8) is 0 Å². The zero-order chi connectivity index (χ0) is 22.2. The lowest BCUT2D eigenvalue weighted by molar-refractivity contribution is 0.102. The zero-order valence-electron chi connectivity index (χ0n) is 15.7. The molecule has 31 heavy (non-hydrogen) atoms. The number of benzene rings is 2. The minimum Gasteiger partial charge on any atom is -0.296 e. The van der Waals surface area contributed by atoms with Gasteiger partial charge in [0.1, 0.15) is 11.6 Å². The Morgan fingerprint density at radius 2 is 1.90 bits per heavy atom. The van der Waals surface area contributed by atoms with Gasteiger partial charge in [0.2, 0.25) is 15.2 Å². The van der Waals surface area contributed by atoms with Crippen LogP contribution in [0.2, 0.25) is 5.02 Å². The minimum atomic E-state index is -3.88. The Labute approximate surface area is 185 Å². The van der Waals surface area contributed by atoms with Gasteiger partial charge in [0.25, 0.3) is 5.91 Å². The summed E-state index contributed by atoms with van der Waals surface area (Å²) in [7, 11) is -3.88. The van der Waals surface area contributed by atoms with Crippen molar-refractivity contribution < 1.29 is 22.0 Å². The van der Waals surface area contributed by atoms with Crippen LogP contribution in [0.25, 0.3) is 10.6 Å². The van der Waals surface area contributed by atoms with E-state index in [9.17, 15) is 22.0 Å². The maximum absolute atomic E-state index is 14.2. The van der Waals surface area contributed by atoms with Crippen molar-refractivity contribution in [2.45, 2.75) is 17.7 Å². The third-order valence-corrected chi connectivity index (χ3v) is 7.09. The monoisotopic (exact) mass is 484 g/mol. The van der Waals surface area contributed by atoms with Crippen molar-refractivity contribution in [1.29, 1.82) is 0 Å². The first-order chi connectivity index (χ1) is 14.7. The van der Waals surface area contributed by atoms with E-state index < -0.39 is 33.1 Å². The average molecular weight is 485 g/mol. The lowest BCUT2D eigenvalue weighted by Crippen LogP contribution is -2.26. The highest BCUT2D eigenvalue weighted by molar-refractivity contribution is 7.89. The summed E-state index contributed by atoms with van der Waals surface area (Å²) in [5.74, 6) is -2.10. The van der Waals surface area contributed by atoms with Crippen molar-refractivity contribution in [3.8, 4) is 10.6 Å². The Bertz CT molecular complexity index is 1260. The van der Waals surface area contributed by atoms with E-state index in [1.54, 1.807) is 0 Å². The number of nitrogens with one attached hydrogen (secondary N) is 2. The quantitative estimate of drug-likeness (QED) is 0.526. The molecule has 0 radical (unpaired) electrons. The predicted molar refractivity (Wildman–Crippen MR) is 113 cm³/mol. The molecule has 4 rings (SSSR count). The van der Waals surface area contributed by atoms with E-state index in [4.69, 9.17) is 11.6 Å². The molecule has 3 aromatic rings. The van der Waals surface area contributed by atoms with Crippen LogP contribution in [0.4, 0.5) is 13.9 Å². The second-order valence-corrected chi connectivity index (χ2v) is 10.1. The highest BCUT2D eigenvalue weighted by atomic mass is 35.5. The van der Waals surface area contributed by atoms with Crippen LogP contribution in [-0.2, 0) is 10.0 Å². The molecule has 1 fully saturated rings. The number of hydrogen-bond donors (Lipinski definition) is 2. The maximum atomic E-state index is 14.2. The normalized spacial score (nSPS) is 13.9. The molecule has 1 aliphatic rings. The fraction of sp³-hybridized carbons (Fsp3) is 0.211. The van der Waals surface area contributed by atoms with Gasteiger partial charge in [0, 0.05) is 17.1 Å². The molecule has 0 atom stereocenters. The smallest absolute Gasteiger partial charge is 0.260 e. The van der Waals surface area contributed by atoms with Gasteiger partial charge in [0.05, 0.1) is 10.5 Å². The minimum absolute atomic E-state index is 0.00568. The topological polar surface area (TPSA) is 101 Å². The van der Waals surface area contributed by atoms with Crippen LogP contribution in [0, 0.1) is 17.6 Å². The Balaban J connectivity index is 1.53. The van der Waals surface area contributed by atoms with E-state index in [2.05, 4.69) is 20.2 Å². The Hall–Kier alpha value is -2.47. The van der Waals surface area contributed by atoms with Gasteiger partial charge in [-0.2, -0.15) is 0 Å². The molecule has 0 spiro atoms. The Morgan fingerprint density at radius 3 is 2.61 bits per heavy atom. The molecule has 1 heterocycles. The third kappa shape index (κ3) is 5.06. The molecule has 0 saturated heterocycles. The molecular weight excluding hydrogens is 470 g/mol. The Morgan fingerprint density at radius 1 is 1.13 bits per heavy atom. The number of hydrogen-bond acceptors (Lipinski definition) is 6. The number of nitrogens with zero attached hydrogens (tertiary/aromatic N) is 2. The van der Waals surface area contributed by atoms with Crippen molar-refractivity contribution in [2.75, 3.05) is 11.9 Å². The van der Waals surface area contributed by atoms with Gasteiger partial charge in [-0.15, -0.1) is 10.2 Å². The van der Waals surface area contributed by atoms with E-state index in [0.29, 0.717) is 12.5 Å². The average Bonchev–Trinajstić information content (AvgIpc) is 3.44. The molecular formula is C19H15ClF2N4O3S2. The number of amides is 1. The van der Waals surface area contributed by atoms with E-state index in [0.717, 1.165) is 48.4 Å². The molecule has 0 aliphatic heterocycles. The van der Waals surface area contributed by atoms with Crippen molar-refractivity contribution in [1.82, 2.24) is 14.9 Å². The number of halogens is 3. The standard InChI is InChI=1S/C19H15ClF2N4O3S2/c20-11-3-5-13(16(22)7-11)18-25-26-19(30-18)24-17(27)14-8-12(4-6-15(14)21)31(28,29)23-9-10-1-2-10/h3-8,10,23H,1-2,9H2,(H,24,26,27). The van der Waals surface area contributed by atoms with Gasteiger partial charge >= 0.3 is 0 Å². The van der Waals surface area contributed by atoms with Crippen LogP contribution >= 0.6 is 22.9 Å². The summed E-state index contributed by atoms with van der Waals surface area (Å²) < 4.78 is 55.5. The molecule has 2 N–H and O–H groups in total. The van der Waals surface area contributed by atoms with E-state index in [1.807, 2.05) is 0 Å². The second kappa shape index (κ2) is 8.58. The molecule has 1 aliphatic carbocycles. The van der Waals surface area contributed by atoms with Crippen LogP contribution in [0.15, 0.2) is 41.3 Å². The molecule has 162 valence electrons. The first kappa shape index (κ1) is 21.8. The molecule has 12 heteroatoms. The summed E-state index contributed by atoms with van der Waals surface area (Å²) in [6.45, 7) is 0.302. The van der Waals surface area contributed by atoms with Crippen LogP contribution < -0.4 is 10.0 Å². The van der Waals surface area contributed by atoms with Crippen LogP contribution in [0.5, 0.6) is 0 Å². The summed E-state index contributed by atoms with van der Waals surface area (Å²) in [4.78, 5) is 12.3. The van der Waals surface area contributed by atoms with Gasteiger partial charge in [-0.3, -0.25) is 10.1 Å². The molecule has 1 aromatic heterocycles. The number of carbonyl (C=O) groups is 1. The lowest BCUT2D eigenvalue weighted by atomic mass is 10.2. The van der Waals surface area contributed by atoms with Gasteiger partial charge in [-0.05, 0) is 55.2 Å². The van der Waals surface area contributed by atoms with Crippen LogP contribution in [-0.4, -0.2) is 31.1 Å². The predicted octanol–water partition coefficient (Wildman–Crippen LogP) is 4.08. The summed E-state index contributed by atoms with van der Waals surface area (Å²) in [5, 5.41) is 10.3. The van der Waals surface area contributed by atoms with Crippen molar-refractivity contribution >= 4 is 44.0 Å². The van der Waals surface area contributed by atoms with Crippen LogP contribution in [0.1, 0.15) is 23.2 Å². The highest BCUT2D eigenvalue weighted by Gasteiger charge is 2.25. The summed E-state index contributed by atoms with van der Waals surface area (Å²) in [6.07, 6.45) is 1.92. The molecule has 0 bridgehead atoms. The van der Waals surface area contributed by atoms with E-state index >= 15 is 0 Å². The maximum Gasteiger partial charge on any atom is 0.260 e. The number of aromatic nitrogens is 2. The fourth-order valence-corrected chi connectivity index (χ4v) is 4.75. The molecule has 0 unspecified atom stereocenters. The number of rotatable bonds is 7. The summed E-state index contributed by atoms with van der Waals surface area (Å²) in [6, 6.07) is 6.99. The number of carbonyl (C=O) groups excluding carboxylic acids is 1. The largest absolute Gasteiger partial charge is 0.296 e. The lowest BCUT2D eigenvalue weighted by Gasteiger charge is -2.08. The second-order valence-electron chi connectivity index (χ2n) is 6.93. The number of anilines is 1. The number of sulfonamides is 1. The molecule has 2 aromatic carbocycles. The fourth-order valence-electron chi connectivity index (χ4n) is 2.69. The first-order valence-electron chi connectivity index (χ1n) is 9.12. The van der Waals surface area contributed by atoms with E-state index in [1.165, 1.54) is 12.1 Å². The Kier molecular flexibility index (Phi) is 6.02. The van der Waals surface area contributed by atoms with Gasteiger partial charge in [-0.1, -0.05) is 22.9 Å². The van der Waals surface area contributed by atoms with Crippen molar-refractivity contribution in [2.24, 2.45) is 5.92 Å². The zero-order valence-corrected chi connectivity index (χ0v) is 18.1. The molecule has 1 saturated carbocycles. The van der Waals surface area contributed by atoms with Crippen LogP contribution in [0.3, 0.4) is 0 Å². The van der Waals surface area contributed by atoms with E-state index in [-0.39, 0.29) is 25.6 Å².